The van der Waals surface area contributed by atoms with Crippen LogP contribution in [-0.2, 0) is 24.4 Å². The first kappa shape index (κ1) is 24.9. The van der Waals surface area contributed by atoms with E-state index in [4.69, 9.17) is 21.2 Å². The van der Waals surface area contributed by atoms with Gasteiger partial charge in [-0.3, -0.25) is 9.69 Å². The van der Waals surface area contributed by atoms with Crippen molar-refractivity contribution in [2.24, 2.45) is 5.16 Å². The largest absolute Gasteiger partial charge is 0.363 e. The van der Waals surface area contributed by atoms with Gasteiger partial charge in [0.05, 0.1) is 5.71 Å². The zero-order valence-electron chi connectivity index (χ0n) is 20.2. The van der Waals surface area contributed by atoms with Crippen LogP contribution in [0.3, 0.4) is 0 Å². The van der Waals surface area contributed by atoms with E-state index in [1.54, 1.807) is 17.0 Å². The summed E-state index contributed by atoms with van der Waals surface area (Å²) in [6.07, 6.45) is 5.15. The van der Waals surface area contributed by atoms with Gasteiger partial charge in [0.2, 0.25) is 5.06 Å². The van der Waals surface area contributed by atoms with E-state index < -0.39 is 9.99 Å². The van der Waals surface area contributed by atoms with Crippen LogP contribution in [0, 0.1) is 0 Å². The third-order valence-corrected chi connectivity index (χ3v) is 8.35. The number of carbonyl (C=O) groups excluding carboxylic acids is 1. The molecule has 0 aromatic heterocycles. The molecule has 2 atom stereocenters. The predicted octanol–water partition coefficient (Wildman–Crippen LogP) is 7.46. The van der Waals surface area contributed by atoms with E-state index in [1.807, 2.05) is 79.7 Å². The molecule has 2 aliphatic rings. The van der Waals surface area contributed by atoms with Crippen LogP contribution in [0.4, 0.5) is 5.69 Å². The van der Waals surface area contributed by atoms with Crippen LogP contribution in [-0.4, -0.2) is 18.2 Å². The quantitative estimate of drug-likeness (QED) is 0.303. The number of benzene rings is 3. The molecule has 1 aliphatic heterocycles. The summed E-state index contributed by atoms with van der Waals surface area (Å²) in [4.78, 5) is 21.3. The van der Waals surface area contributed by atoms with Gasteiger partial charge in [0.25, 0.3) is 10.8 Å². The van der Waals surface area contributed by atoms with Crippen LogP contribution in [0.1, 0.15) is 50.2 Å². The number of carbonyl (C=O) groups is 1. The topological polar surface area (TPSA) is 51.1 Å². The van der Waals surface area contributed by atoms with Gasteiger partial charge in [0.1, 0.15) is 0 Å². The van der Waals surface area contributed by atoms with Crippen LogP contribution in [0.2, 0.25) is 5.02 Å². The molecule has 5 nitrogen and oxygen atoms in total. The fraction of sp³-hybridized carbons (Fsp3) is 0.310. The average Bonchev–Trinajstić information content (AvgIpc) is 3.19. The van der Waals surface area contributed by atoms with E-state index in [-0.39, 0.29) is 5.91 Å². The van der Waals surface area contributed by atoms with Crippen molar-refractivity contribution in [3.05, 3.63) is 101 Å². The summed E-state index contributed by atoms with van der Waals surface area (Å²) >= 11 is 7.54. The summed E-state index contributed by atoms with van der Waals surface area (Å²) in [7, 11) is 0. The summed E-state index contributed by atoms with van der Waals surface area (Å²) in [5.74, 6) is -0.251. The fourth-order valence-corrected chi connectivity index (χ4v) is 6.52. The molecule has 1 heterocycles. The maximum Gasteiger partial charge on any atom is 0.293 e. The number of nitrogens with zero attached hydrogens (tertiary/aromatic N) is 2. The Morgan fingerprint density at radius 3 is 2.11 bits per heavy atom. The molecule has 1 saturated carbocycles. The predicted molar refractivity (Wildman–Crippen MR) is 146 cm³/mol. The highest BCUT2D eigenvalue weighted by molar-refractivity contribution is 8.02. The Kier molecular flexibility index (Phi) is 7.37. The van der Waals surface area contributed by atoms with Gasteiger partial charge in [0.15, 0.2) is 0 Å². The van der Waals surface area contributed by atoms with Gasteiger partial charge in [-0.1, -0.05) is 83.8 Å². The first-order valence-corrected chi connectivity index (χ1v) is 13.6. The molecule has 2 fully saturated rings. The highest BCUT2D eigenvalue weighted by atomic mass is 35.5. The lowest BCUT2D eigenvalue weighted by atomic mass is 9.99. The first-order valence-electron chi connectivity index (χ1n) is 12.4. The Morgan fingerprint density at radius 1 is 0.889 bits per heavy atom. The second-order valence-electron chi connectivity index (χ2n) is 8.89. The number of hydrogen-bond donors (Lipinski definition) is 0. The second-order valence-corrected chi connectivity index (χ2v) is 10.7. The number of amides is 1. The van der Waals surface area contributed by atoms with Crippen molar-refractivity contribution in [1.82, 2.24) is 0 Å². The van der Waals surface area contributed by atoms with Crippen molar-refractivity contribution in [3.63, 3.8) is 0 Å². The van der Waals surface area contributed by atoms with E-state index in [0.717, 1.165) is 42.5 Å². The lowest BCUT2D eigenvalue weighted by molar-refractivity contribution is -0.134. The Labute approximate surface area is 221 Å². The molecular weight excluding hydrogens is 492 g/mol. The van der Waals surface area contributed by atoms with E-state index in [2.05, 4.69) is 5.16 Å². The van der Waals surface area contributed by atoms with Crippen molar-refractivity contribution in [3.8, 4) is 0 Å². The fourth-order valence-electron chi connectivity index (χ4n) is 4.78. The van der Waals surface area contributed by atoms with Crippen molar-refractivity contribution < 1.29 is 14.4 Å². The highest BCUT2D eigenvalue weighted by Crippen LogP contribution is 2.61. The lowest BCUT2D eigenvalue weighted by Gasteiger charge is -2.36. The lowest BCUT2D eigenvalue weighted by Crippen LogP contribution is -2.46. The van der Waals surface area contributed by atoms with E-state index in [0.29, 0.717) is 17.3 Å². The summed E-state index contributed by atoms with van der Waals surface area (Å²) in [6, 6.07) is 26.6. The van der Waals surface area contributed by atoms with E-state index >= 15 is 0 Å². The molecule has 0 radical (unpaired) electrons. The third-order valence-electron chi connectivity index (χ3n) is 6.51. The number of oxime groups is 1. The summed E-state index contributed by atoms with van der Waals surface area (Å²) < 4.78 is 6.52. The Hall–Kier alpha value is -2.80. The molecule has 1 amide bonds. The number of halogens is 1. The smallest absolute Gasteiger partial charge is 0.293 e. The molecule has 186 valence electrons. The summed E-state index contributed by atoms with van der Waals surface area (Å²) in [5.41, 5.74) is 3.22. The van der Waals surface area contributed by atoms with Crippen LogP contribution in [0.25, 0.3) is 0 Å². The molecule has 0 spiro atoms. The molecule has 3 aromatic carbocycles. The SMILES string of the molecule is CCO[C@@]1(c2ccccc2)S[C@@](ON=C2CCCCC2)(c2ccccc2)C(=O)N1c1ccc(Cl)cc1. The number of thioether (sulfide) groups is 1. The average molecular weight is 521 g/mol. The molecule has 3 aromatic rings. The standard InChI is InChI=1S/C29H29ClN2O3S/c1-2-34-29(23-14-8-4-9-15-23)32(26-20-18-24(30)19-21-26)27(33)28(36-29,22-12-6-3-7-13-22)35-31-25-16-10-5-11-17-25/h3-4,6-9,12-15,18-21H,2,5,10-11,16-17H2,1H3/t28-,29-/m0/s1. The van der Waals surface area contributed by atoms with Crippen molar-refractivity contribution in [1.29, 1.82) is 0 Å². The molecule has 7 heteroatoms. The third kappa shape index (κ3) is 4.54. The minimum atomic E-state index is -1.43. The molecule has 5 rings (SSSR count). The normalized spacial score (nSPS) is 24.1. The number of rotatable bonds is 7. The van der Waals surface area contributed by atoms with Gasteiger partial charge >= 0.3 is 0 Å². The Balaban J connectivity index is 1.71. The van der Waals surface area contributed by atoms with Gasteiger partial charge in [0, 0.05) is 28.4 Å². The van der Waals surface area contributed by atoms with Gasteiger partial charge in [-0.2, -0.15) is 0 Å². The van der Waals surface area contributed by atoms with E-state index in [9.17, 15) is 4.79 Å². The Bertz CT molecular complexity index is 1210. The molecular formula is C29H29ClN2O3S. The van der Waals surface area contributed by atoms with Crippen molar-refractivity contribution >= 4 is 40.7 Å². The first-order chi connectivity index (χ1) is 17.6. The maximum atomic E-state index is 14.6. The maximum absolute atomic E-state index is 14.6. The molecule has 1 saturated heterocycles. The molecule has 1 aliphatic carbocycles. The zero-order chi connectivity index (χ0) is 25.0. The summed E-state index contributed by atoms with van der Waals surface area (Å²) in [5, 5.41) is 4.01. The number of anilines is 1. The molecule has 36 heavy (non-hydrogen) atoms. The highest BCUT2D eigenvalue weighted by Gasteiger charge is 2.66. The second kappa shape index (κ2) is 10.7. The van der Waals surface area contributed by atoms with Gasteiger partial charge in [-0.25, -0.2) is 0 Å². The van der Waals surface area contributed by atoms with Gasteiger partial charge in [-0.05, 0) is 68.6 Å². The zero-order valence-corrected chi connectivity index (χ0v) is 21.8. The minimum Gasteiger partial charge on any atom is -0.363 e. The van der Waals surface area contributed by atoms with Crippen LogP contribution < -0.4 is 4.90 Å². The minimum absolute atomic E-state index is 0.251. The molecule has 0 N–H and O–H groups in total. The van der Waals surface area contributed by atoms with Crippen LogP contribution in [0.5, 0.6) is 0 Å². The van der Waals surface area contributed by atoms with Crippen LogP contribution >= 0.6 is 23.4 Å². The molecule has 0 unspecified atom stereocenters. The van der Waals surface area contributed by atoms with Crippen LogP contribution in [0.15, 0.2) is 90.1 Å². The Morgan fingerprint density at radius 2 is 1.50 bits per heavy atom. The monoisotopic (exact) mass is 520 g/mol. The van der Waals surface area contributed by atoms with Gasteiger partial charge < -0.3 is 9.57 Å². The molecule has 0 bridgehead atoms. The number of hydrogen-bond acceptors (Lipinski definition) is 5. The van der Waals surface area contributed by atoms with Gasteiger partial charge in [-0.15, -0.1) is 0 Å². The van der Waals surface area contributed by atoms with Crippen molar-refractivity contribution in [2.75, 3.05) is 11.5 Å². The number of ether oxygens (including phenoxy) is 1. The summed E-state index contributed by atoms with van der Waals surface area (Å²) in [6.45, 7) is 2.32. The van der Waals surface area contributed by atoms with Crippen molar-refractivity contribution in [2.45, 2.75) is 49.0 Å². The van der Waals surface area contributed by atoms with E-state index in [1.165, 1.54) is 18.2 Å².